The molecule has 2 heterocycles. The lowest BCUT2D eigenvalue weighted by Gasteiger charge is -2.26. The summed E-state index contributed by atoms with van der Waals surface area (Å²) >= 11 is 0. The number of carbonyl (C=O) groups excluding carboxylic acids is 1. The molecule has 1 amide bonds. The van der Waals surface area contributed by atoms with Gasteiger partial charge in [-0.1, -0.05) is 18.2 Å². The number of methoxy groups -OCH3 is 1. The van der Waals surface area contributed by atoms with Crippen LogP contribution in [0.25, 0.3) is 11.0 Å². The number of carbonyl (C=O) groups is 1. The van der Waals surface area contributed by atoms with Gasteiger partial charge in [-0.3, -0.25) is 14.5 Å². The van der Waals surface area contributed by atoms with Crippen molar-refractivity contribution in [3.05, 3.63) is 93.8 Å². The maximum atomic E-state index is 13.7. The first-order valence-corrected chi connectivity index (χ1v) is 11.5. The fraction of sp³-hybridized carbons (Fsp3) is 0.214. The molecule has 1 unspecified atom stereocenters. The number of para-hydroxylation sites is 1. The second-order valence-electron chi connectivity index (χ2n) is 8.02. The van der Waals surface area contributed by atoms with Gasteiger partial charge in [-0.2, -0.15) is 0 Å². The minimum absolute atomic E-state index is 0.0429. The van der Waals surface area contributed by atoms with Crippen LogP contribution in [0.4, 0.5) is 5.69 Å². The Morgan fingerprint density at radius 2 is 1.60 bits per heavy atom. The van der Waals surface area contributed by atoms with Crippen molar-refractivity contribution in [2.75, 3.05) is 25.2 Å². The van der Waals surface area contributed by atoms with Gasteiger partial charge in [-0.05, 0) is 67.9 Å². The van der Waals surface area contributed by atoms with Crippen molar-refractivity contribution < 1.29 is 23.4 Å². The molecule has 0 saturated heterocycles. The highest BCUT2D eigenvalue weighted by Gasteiger charge is 2.44. The zero-order valence-electron chi connectivity index (χ0n) is 19.7. The fourth-order valence-corrected chi connectivity index (χ4v) is 4.48. The first-order valence-electron chi connectivity index (χ1n) is 11.5. The molecule has 0 fully saturated rings. The summed E-state index contributed by atoms with van der Waals surface area (Å²) in [7, 11) is 1.58. The van der Waals surface area contributed by atoms with Gasteiger partial charge in [0.05, 0.1) is 37.3 Å². The van der Waals surface area contributed by atoms with Crippen molar-refractivity contribution in [1.82, 2.24) is 0 Å². The molecule has 1 aliphatic rings. The van der Waals surface area contributed by atoms with Gasteiger partial charge in [0.2, 0.25) is 5.76 Å². The number of benzene rings is 3. The Morgan fingerprint density at radius 3 is 2.31 bits per heavy atom. The van der Waals surface area contributed by atoms with E-state index in [2.05, 4.69) is 0 Å². The Labute approximate surface area is 202 Å². The first kappa shape index (κ1) is 22.5. The molecule has 178 valence electrons. The summed E-state index contributed by atoms with van der Waals surface area (Å²) in [5, 5.41) is 0.427. The minimum Gasteiger partial charge on any atom is -0.497 e. The van der Waals surface area contributed by atoms with Crippen LogP contribution < -0.4 is 24.5 Å². The number of hydrogen-bond donors (Lipinski definition) is 0. The molecule has 0 N–H and O–H groups in total. The van der Waals surface area contributed by atoms with Gasteiger partial charge in [0, 0.05) is 5.69 Å². The van der Waals surface area contributed by atoms with Crippen molar-refractivity contribution in [3.63, 3.8) is 0 Å². The highest BCUT2D eigenvalue weighted by Crippen LogP contribution is 2.43. The highest BCUT2D eigenvalue weighted by molar-refractivity contribution is 6.10. The largest absolute Gasteiger partial charge is 0.497 e. The van der Waals surface area contributed by atoms with E-state index in [1.54, 1.807) is 66.6 Å². The monoisotopic (exact) mass is 471 g/mol. The van der Waals surface area contributed by atoms with Gasteiger partial charge in [0.25, 0.3) is 5.91 Å². The van der Waals surface area contributed by atoms with E-state index in [9.17, 15) is 9.59 Å². The van der Waals surface area contributed by atoms with Crippen molar-refractivity contribution in [2.45, 2.75) is 19.9 Å². The molecule has 1 aromatic heterocycles. The normalized spacial score (nSPS) is 14.8. The van der Waals surface area contributed by atoms with E-state index in [0.29, 0.717) is 58.2 Å². The zero-order valence-corrected chi connectivity index (χ0v) is 19.7. The highest BCUT2D eigenvalue weighted by atomic mass is 16.5. The third kappa shape index (κ3) is 3.79. The summed E-state index contributed by atoms with van der Waals surface area (Å²) in [5.74, 6) is 1.47. The Morgan fingerprint density at radius 1 is 0.886 bits per heavy atom. The van der Waals surface area contributed by atoms with E-state index in [-0.39, 0.29) is 17.1 Å². The molecule has 3 aromatic carbocycles. The van der Waals surface area contributed by atoms with Gasteiger partial charge >= 0.3 is 0 Å². The lowest BCUT2D eigenvalue weighted by molar-refractivity contribution is 0.0971. The molecule has 35 heavy (non-hydrogen) atoms. The van der Waals surface area contributed by atoms with E-state index in [1.165, 1.54) is 0 Å². The maximum absolute atomic E-state index is 13.7. The van der Waals surface area contributed by atoms with Crippen LogP contribution in [0.15, 0.2) is 75.9 Å². The number of rotatable bonds is 7. The molecule has 1 atom stereocenters. The van der Waals surface area contributed by atoms with E-state index in [4.69, 9.17) is 18.6 Å². The van der Waals surface area contributed by atoms with Crippen molar-refractivity contribution in [2.24, 2.45) is 0 Å². The molecular formula is C28H25NO6. The van der Waals surface area contributed by atoms with Crippen LogP contribution >= 0.6 is 0 Å². The third-order valence-corrected chi connectivity index (χ3v) is 6.01. The zero-order chi connectivity index (χ0) is 24.5. The minimum atomic E-state index is -0.707. The van der Waals surface area contributed by atoms with Gasteiger partial charge in [-0.25, -0.2) is 0 Å². The standard InChI is InChI=1S/C28H25NO6/c1-4-33-22-15-10-17(16-23(22)34-5-2)25-24-26(30)20-8-6-7-9-21(20)35-27(24)28(31)29(25)18-11-13-19(32-3)14-12-18/h6-16,25H,4-5H2,1-3H3. The average molecular weight is 472 g/mol. The summed E-state index contributed by atoms with van der Waals surface area (Å²) in [6, 6.07) is 18.9. The summed E-state index contributed by atoms with van der Waals surface area (Å²) in [6.07, 6.45) is 0. The number of anilines is 1. The number of fused-ring (bicyclic) bond motifs is 2. The Bertz CT molecular complexity index is 1460. The van der Waals surface area contributed by atoms with Crippen LogP contribution in [0.1, 0.15) is 41.6 Å². The van der Waals surface area contributed by atoms with Crippen LogP contribution in [-0.2, 0) is 0 Å². The molecule has 1 aliphatic heterocycles. The number of ether oxygens (including phenoxy) is 3. The van der Waals surface area contributed by atoms with Gasteiger partial charge < -0.3 is 18.6 Å². The Hall–Kier alpha value is -4.26. The van der Waals surface area contributed by atoms with Gasteiger partial charge in [0.1, 0.15) is 11.3 Å². The molecule has 4 aromatic rings. The van der Waals surface area contributed by atoms with E-state index < -0.39 is 6.04 Å². The summed E-state index contributed by atoms with van der Waals surface area (Å²) in [4.78, 5) is 29.0. The second kappa shape index (κ2) is 9.18. The number of amides is 1. The fourth-order valence-electron chi connectivity index (χ4n) is 4.48. The Balaban J connectivity index is 1.75. The van der Waals surface area contributed by atoms with Crippen LogP contribution in [-0.4, -0.2) is 26.2 Å². The molecule has 0 bridgehead atoms. The average Bonchev–Trinajstić information content (AvgIpc) is 3.18. The molecule has 0 saturated carbocycles. The second-order valence-corrected chi connectivity index (χ2v) is 8.02. The van der Waals surface area contributed by atoms with E-state index in [0.717, 1.165) is 0 Å². The van der Waals surface area contributed by atoms with Gasteiger partial charge in [-0.15, -0.1) is 0 Å². The van der Waals surface area contributed by atoms with Crippen molar-refractivity contribution >= 4 is 22.6 Å². The Kier molecular flexibility index (Phi) is 5.91. The van der Waals surface area contributed by atoms with Gasteiger partial charge in [0.15, 0.2) is 16.9 Å². The first-order chi connectivity index (χ1) is 17.1. The van der Waals surface area contributed by atoms with Crippen LogP contribution in [0, 0.1) is 0 Å². The topological polar surface area (TPSA) is 78.2 Å². The molecule has 7 nitrogen and oxygen atoms in total. The third-order valence-electron chi connectivity index (χ3n) is 6.01. The summed E-state index contributed by atoms with van der Waals surface area (Å²) in [5.41, 5.74) is 1.77. The lowest BCUT2D eigenvalue weighted by atomic mass is 9.97. The van der Waals surface area contributed by atoms with Crippen LogP contribution in [0.5, 0.6) is 17.2 Å². The SMILES string of the molecule is CCOc1ccc(C2c3c(oc4ccccc4c3=O)C(=O)N2c2ccc(OC)cc2)cc1OCC. The molecule has 0 spiro atoms. The van der Waals surface area contributed by atoms with Crippen molar-refractivity contribution in [3.8, 4) is 17.2 Å². The quantitative estimate of drug-likeness (QED) is 0.362. The predicted molar refractivity (Wildman–Crippen MR) is 133 cm³/mol. The lowest BCUT2D eigenvalue weighted by Crippen LogP contribution is -2.29. The molecule has 0 aliphatic carbocycles. The smallest absolute Gasteiger partial charge is 0.295 e. The molecular weight excluding hydrogens is 446 g/mol. The molecule has 5 rings (SSSR count). The van der Waals surface area contributed by atoms with E-state index in [1.807, 2.05) is 26.0 Å². The summed E-state index contributed by atoms with van der Waals surface area (Å²) < 4.78 is 22.8. The summed E-state index contributed by atoms with van der Waals surface area (Å²) in [6.45, 7) is 4.72. The predicted octanol–water partition coefficient (Wildman–Crippen LogP) is 5.35. The molecule has 7 heteroatoms. The van der Waals surface area contributed by atoms with Crippen LogP contribution in [0.2, 0.25) is 0 Å². The van der Waals surface area contributed by atoms with E-state index >= 15 is 0 Å². The number of hydrogen-bond acceptors (Lipinski definition) is 6. The molecule has 0 radical (unpaired) electrons. The van der Waals surface area contributed by atoms with Crippen LogP contribution in [0.3, 0.4) is 0 Å². The van der Waals surface area contributed by atoms with Crippen molar-refractivity contribution in [1.29, 1.82) is 0 Å². The number of nitrogens with zero attached hydrogens (tertiary/aromatic N) is 1. The maximum Gasteiger partial charge on any atom is 0.295 e.